The van der Waals surface area contributed by atoms with Crippen molar-refractivity contribution in [3.05, 3.63) is 46.7 Å². The zero-order valence-corrected chi connectivity index (χ0v) is 18.2. The molecule has 3 aromatic heterocycles. The summed E-state index contributed by atoms with van der Waals surface area (Å²) < 4.78 is 34.0. The molecule has 1 N–H and O–H groups in total. The Morgan fingerprint density at radius 2 is 2.00 bits per heavy atom. The van der Waals surface area contributed by atoms with Crippen molar-refractivity contribution in [2.75, 3.05) is 13.1 Å². The standard InChI is InChI=1S/C19H22ClN5O4S/c1-12-18(13(2)29-23-12)30(27,28)25-7-5-14(6-8-25)19(26)21-9-16-11-24-10-15(20)3-4-17(24)22-16/h3-4,10-11,14H,5-9H2,1-2H3,(H,21,26). The molecule has 0 unspecified atom stereocenters. The number of piperidine rings is 1. The van der Waals surface area contributed by atoms with E-state index in [0.29, 0.717) is 30.1 Å². The van der Waals surface area contributed by atoms with Gasteiger partial charge in [0, 0.05) is 31.4 Å². The number of halogens is 1. The maximum absolute atomic E-state index is 12.9. The number of hydrogen-bond donors (Lipinski definition) is 1. The highest BCUT2D eigenvalue weighted by Crippen LogP contribution is 2.27. The van der Waals surface area contributed by atoms with Gasteiger partial charge in [0.25, 0.3) is 0 Å². The first-order valence-corrected chi connectivity index (χ1v) is 11.4. The Hall–Kier alpha value is -2.43. The maximum Gasteiger partial charge on any atom is 0.248 e. The Bertz CT molecular complexity index is 1180. The minimum atomic E-state index is -3.68. The average molecular weight is 452 g/mol. The number of nitrogens with one attached hydrogen (secondary N) is 1. The molecule has 1 aliphatic rings. The summed E-state index contributed by atoms with van der Waals surface area (Å²) in [6.45, 7) is 4.04. The van der Waals surface area contributed by atoms with Gasteiger partial charge in [-0.2, -0.15) is 4.31 Å². The summed E-state index contributed by atoms with van der Waals surface area (Å²) in [5, 5.41) is 7.24. The highest BCUT2D eigenvalue weighted by molar-refractivity contribution is 7.89. The number of rotatable bonds is 5. The summed E-state index contributed by atoms with van der Waals surface area (Å²) in [4.78, 5) is 17.1. The average Bonchev–Trinajstić information content (AvgIpc) is 3.28. The molecule has 0 radical (unpaired) electrons. The van der Waals surface area contributed by atoms with Gasteiger partial charge in [0.15, 0.2) is 5.76 Å². The third kappa shape index (κ3) is 3.94. The molecule has 30 heavy (non-hydrogen) atoms. The molecule has 11 heteroatoms. The molecule has 9 nitrogen and oxygen atoms in total. The number of amides is 1. The number of hydrogen-bond acceptors (Lipinski definition) is 6. The van der Waals surface area contributed by atoms with Gasteiger partial charge >= 0.3 is 0 Å². The van der Waals surface area contributed by atoms with Crippen LogP contribution in [-0.2, 0) is 21.4 Å². The molecule has 0 atom stereocenters. The lowest BCUT2D eigenvalue weighted by molar-refractivity contribution is -0.126. The lowest BCUT2D eigenvalue weighted by atomic mass is 9.97. The molecule has 0 aromatic carbocycles. The fourth-order valence-electron chi connectivity index (χ4n) is 3.75. The van der Waals surface area contributed by atoms with Crippen molar-refractivity contribution in [2.45, 2.75) is 38.1 Å². The first-order valence-electron chi connectivity index (χ1n) is 9.59. The van der Waals surface area contributed by atoms with Crippen LogP contribution in [0.25, 0.3) is 5.65 Å². The van der Waals surface area contributed by atoms with Gasteiger partial charge in [-0.1, -0.05) is 16.8 Å². The normalized spacial score (nSPS) is 16.2. The van der Waals surface area contributed by atoms with Gasteiger partial charge in [0.05, 0.1) is 17.3 Å². The van der Waals surface area contributed by atoms with Crippen molar-refractivity contribution >= 4 is 33.2 Å². The second-order valence-corrected chi connectivity index (χ2v) is 9.71. The van der Waals surface area contributed by atoms with Crippen molar-refractivity contribution in [1.29, 1.82) is 0 Å². The quantitative estimate of drug-likeness (QED) is 0.637. The third-order valence-corrected chi connectivity index (χ3v) is 7.67. The fourth-order valence-corrected chi connectivity index (χ4v) is 5.68. The van der Waals surface area contributed by atoms with Gasteiger partial charge in [0.1, 0.15) is 16.2 Å². The van der Waals surface area contributed by atoms with E-state index >= 15 is 0 Å². The Kier molecular flexibility index (Phi) is 5.56. The zero-order chi connectivity index (χ0) is 21.5. The minimum Gasteiger partial charge on any atom is -0.360 e. The highest BCUT2D eigenvalue weighted by Gasteiger charge is 2.35. The number of sulfonamides is 1. The molecule has 4 heterocycles. The molecular formula is C19H22ClN5O4S. The largest absolute Gasteiger partial charge is 0.360 e. The van der Waals surface area contributed by atoms with Crippen LogP contribution in [-0.4, -0.2) is 46.3 Å². The lowest BCUT2D eigenvalue weighted by Gasteiger charge is -2.30. The van der Waals surface area contributed by atoms with Gasteiger partial charge in [0.2, 0.25) is 15.9 Å². The van der Waals surface area contributed by atoms with Crippen LogP contribution in [0.5, 0.6) is 0 Å². The van der Waals surface area contributed by atoms with Gasteiger partial charge < -0.3 is 14.2 Å². The molecule has 1 saturated heterocycles. The first kappa shape index (κ1) is 20.8. The number of nitrogens with zero attached hydrogens (tertiary/aromatic N) is 4. The number of carbonyl (C=O) groups excluding carboxylic acids is 1. The molecule has 0 saturated carbocycles. The number of fused-ring (bicyclic) bond motifs is 1. The zero-order valence-electron chi connectivity index (χ0n) is 16.6. The summed E-state index contributed by atoms with van der Waals surface area (Å²) in [5.74, 6) is -0.0619. The van der Waals surface area contributed by atoms with Crippen molar-refractivity contribution in [2.24, 2.45) is 5.92 Å². The smallest absolute Gasteiger partial charge is 0.248 e. The van der Waals surface area contributed by atoms with E-state index < -0.39 is 10.0 Å². The van der Waals surface area contributed by atoms with Crippen LogP contribution >= 0.6 is 11.6 Å². The predicted octanol–water partition coefficient (Wildman–Crippen LogP) is 2.31. The van der Waals surface area contributed by atoms with E-state index in [-0.39, 0.29) is 35.6 Å². The third-order valence-electron chi connectivity index (χ3n) is 5.30. The van der Waals surface area contributed by atoms with E-state index in [1.54, 1.807) is 26.1 Å². The SMILES string of the molecule is Cc1noc(C)c1S(=O)(=O)N1CCC(C(=O)NCc2cn3cc(Cl)ccc3n2)CC1. The lowest BCUT2D eigenvalue weighted by Crippen LogP contribution is -2.43. The van der Waals surface area contributed by atoms with E-state index in [9.17, 15) is 13.2 Å². The molecule has 3 aromatic rings. The van der Waals surface area contributed by atoms with Crippen molar-refractivity contribution in [3.8, 4) is 0 Å². The summed E-state index contributed by atoms with van der Waals surface area (Å²) in [5.41, 5.74) is 1.83. The van der Waals surface area contributed by atoms with E-state index in [1.165, 1.54) is 4.31 Å². The Morgan fingerprint density at radius 3 is 2.67 bits per heavy atom. The van der Waals surface area contributed by atoms with Crippen LogP contribution in [0.1, 0.15) is 30.0 Å². The van der Waals surface area contributed by atoms with E-state index in [0.717, 1.165) is 11.3 Å². The summed E-state index contributed by atoms with van der Waals surface area (Å²) in [6, 6.07) is 3.57. The van der Waals surface area contributed by atoms with Crippen LogP contribution in [0.15, 0.2) is 33.9 Å². The van der Waals surface area contributed by atoms with E-state index in [2.05, 4.69) is 15.5 Å². The second-order valence-electron chi connectivity index (χ2n) is 7.39. The van der Waals surface area contributed by atoms with Crippen LogP contribution < -0.4 is 5.32 Å². The molecule has 0 spiro atoms. The first-order chi connectivity index (χ1) is 14.3. The van der Waals surface area contributed by atoms with Crippen LogP contribution in [0.2, 0.25) is 5.02 Å². The van der Waals surface area contributed by atoms with E-state index in [1.807, 2.05) is 16.7 Å². The summed E-state index contributed by atoms with van der Waals surface area (Å²) in [6.07, 6.45) is 4.48. The molecule has 1 aliphatic heterocycles. The van der Waals surface area contributed by atoms with E-state index in [4.69, 9.17) is 16.1 Å². The van der Waals surface area contributed by atoms with Crippen LogP contribution in [0, 0.1) is 19.8 Å². The van der Waals surface area contributed by atoms with Gasteiger partial charge in [-0.15, -0.1) is 0 Å². The predicted molar refractivity (Wildman–Crippen MR) is 110 cm³/mol. The Balaban J connectivity index is 1.35. The number of carbonyl (C=O) groups is 1. The number of aromatic nitrogens is 3. The molecular weight excluding hydrogens is 430 g/mol. The molecule has 0 aliphatic carbocycles. The van der Waals surface area contributed by atoms with Gasteiger partial charge in [-0.05, 0) is 38.8 Å². The molecule has 4 rings (SSSR count). The van der Waals surface area contributed by atoms with Gasteiger partial charge in [-0.25, -0.2) is 13.4 Å². The molecule has 0 bridgehead atoms. The monoisotopic (exact) mass is 451 g/mol. The van der Waals surface area contributed by atoms with Crippen molar-refractivity contribution in [3.63, 3.8) is 0 Å². The number of aryl methyl sites for hydroxylation is 2. The second kappa shape index (κ2) is 8.01. The topological polar surface area (TPSA) is 110 Å². The molecule has 1 fully saturated rings. The minimum absolute atomic E-state index is 0.0977. The highest BCUT2D eigenvalue weighted by atomic mass is 35.5. The molecule has 1 amide bonds. The summed E-state index contributed by atoms with van der Waals surface area (Å²) in [7, 11) is -3.68. The number of imidazole rings is 1. The number of pyridine rings is 1. The van der Waals surface area contributed by atoms with Gasteiger partial charge in [-0.3, -0.25) is 4.79 Å². The molecule has 160 valence electrons. The van der Waals surface area contributed by atoms with Crippen LogP contribution in [0.4, 0.5) is 0 Å². The van der Waals surface area contributed by atoms with Crippen LogP contribution in [0.3, 0.4) is 0 Å². The van der Waals surface area contributed by atoms with Crippen molar-refractivity contribution < 1.29 is 17.7 Å². The Labute approximate surface area is 179 Å². The summed E-state index contributed by atoms with van der Waals surface area (Å²) >= 11 is 5.98. The Morgan fingerprint density at radius 1 is 1.27 bits per heavy atom. The van der Waals surface area contributed by atoms with Crippen molar-refractivity contribution in [1.82, 2.24) is 24.2 Å². The fraction of sp³-hybridized carbons (Fsp3) is 0.421. The maximum atomic E-state index is 12.9.